The van der Waals surface area contributed by atoms with Gasteiger partial charge >= 0.3 is 34.4 Å². The summed E-state index contributed by atoms with van der Waals surface area (Å²) >= 11 is 0. The van der Waals surface area contributed by atoms with E-state index in [4.69, 9.17) is 58.8 Å². The van der Waals surface area contributed by atoms with E-state index in [2.05, 4.69) is 217 Å². The minimum absolute atomic E-state index is 0.0579. The maximum atomic E-state index is 6.31. The molecule has 2 spiro atoms. The zero-order chi connectivity index (χ0) is 80.5. The second-order valence-electron chi connectivity index (χ2n) is 37.5. The molecule has 109 heavy (non-hydrogen) atoms. The van der Waals surface area contributed by atoms with Crippen molar-refractivity contribution in [3.05, 3.63) is 88.0 Å². The molecule has 2 atom stereocenters. The highest BCUT2D eigenvalue weighted by Crippen LogP contribution is 2.56. The van der Waals surface area contributed by atoms with Crippen LogP contribution in [0.15, 0.2) is 54.6 Å². The zero-order valence-corrected chi connectivity index (χ0v) is 78.9. The molecule has 3 aromatic carbocycles. The van der Waals surface area contributed by atoms with E-state index in [-0.39, 0.29) is 43.3 Å². The lowest BCUT2D eigenvalue weighted by molar-refractivity contribution is -0.0761. The van der Waals surface area contributed by atoms with Crippen molar-refractivity contribution in [1.29, 1.82) is 0 Å². The molecule has 4 saturated heterocycles. The molecule has 0 saturated carbocycles. The van der Waals surface area contributed by atoms with Crippen molar-refractivity contribution in [2.24, 2.45) is 10.8 Å². The first-order chi connectivity index (χ1) is 51.6. The first kappa shape index (κ1) is 101. The van der Waals surface area contributed by atoms with Crippen LogP contribution < -0.4 is 13.6 Å². The molecule has 0 amide bonds. The van der Waals surface area contributed by atoms with Crippen molar-refractivity contribution in [3.63, 3.8) is 0 Å². The van der Waals surface area contributed by atoms with Gasteiger partial charge in [0.25, 0.3) is 0 Å². The van der Waals surface area contributed by atoms with Crippen LogP contribution in [0.4, 0.5) is 0 Å². The molecule has 630 valence electrons. The van der Waals surface area contributed by atoms with Crippen LogP contribution in [0.1, 0.15) is 377 Å². The predicted molar refractivity (Wildman–Crippen MR) is 471 cm³/mol. The minimum Gasteiger partial charge on any atom is -0.480 e. The van der Waals surface area contributed by atoms with Crippen LogP contribution in [-0.4, -0.2) is 73.2 Å². The lowest BCUT2D eigenvalue weighted by atomic mass is 9.80. The van der Waals surface area contributed by atoms with Gasteiger partial charge in [0.1, 0.15) is 17.2 Å². The third-order valence-corrected chi connectivity index (χ3v) is 25.1. The zero-order valence-electron chi connectivity index (χ0n) is 73.1. The molecule has 7 rings (SSSR count). The maximum absolute atomic E-state index is 6.31. The molecule has 0 aromatic heterocycles. The molecule has 14 nitrogen and oxygen atoms in total. The van der Waals surface area contributed by atoms with Crippen LogP contribution in [0.25, 0.3) is 0 Å². The summed E-state index contributed by atoms with van der Waals surface area (Å²) in [5.74, 6) is 2.58. The van der Waals surface area contributed by atoms with Gasteiger partial charge in [-0.3, -0.25) is 0 Å². The maximum Gasteiger partial charge on any atom is 0.397 e. The summed E-state index contributed by atoms with van der Waals surface area (Å²) in [7, 11) is 0.480. The Kier molecular flexibility index (Phi) is 48.8. The number of unbranched alkanes of at least 4 members (excludes halogenated alkanes) is 30. The summed E-state index contributed by atoms with van der Waals surface area (Å²) in [5.41, 5.74) is 7.10. The molecule has 4 fully saturated rings. The van der Waals surface area contributed by atoms with Crippen LogP contribution >= 0.6 is 53.3 Å². The van der Waals surface area contributed by atoms with E-state index in [9.17, 15) is 0 Å². The molecule has 4 heterocycles. The first-order valence-electron chi connectivity index (χ1n) is 42.5. The Hall–Kier alpha value is -0.800. The molecule has 4 aliphatic heterocycles. The van der Waals surface area contributed by atoms with Gasteiger partial charge in [0, 0.05) is 23.8 Å². The summed E-state index contributed by atoms with van der Waals surface area (Å²) in [4.78, 5) is 0. The smallest absolute Gasteiger partial charge is 0.397 e. The molecule has 3 aromatic rings. The highest BCUT2D eigenvalue weighted by molar-refractivity contribution is 7.42. The monoisotopic (exact) mass is 1640 g/mol. The summed E-state index contributed by atoms with van der Waals surface area (Å²) in [6.45, 7) is 50.0. The van der Waals surface area contributed by atoms with Gasteiger partial charge in [0.2, 0.25) is 0 Å². The fourth-order valence-corrected chi connectivity index (χ4v) is 18.4. The van der Waals surface area contributed by atoms with Crippen molar-refractivity contribution in [2.45, 2.75) is 376 Å². The van der Waals surface area contributed by atoms with E-state index in [0.29, 0.717) is 52.9 Å². The highest BCUT2D eigenvalue weighted by Gasteiger charge is 2.47. The average molecular weight is 1640 g/mol. The van der Waals surface area contributed by atoms with E-state index >= 15 is 0 Å². The van der Waals surface area contributed by atoms with Crippen LogP contribution in [-0.2, 0) is 82.3 Å². The van der Waals surface area contributed by atoms with E-state index in [0.717, 1.165) is 54.4 Å². The predicted octanol–water partition coefficient (Wildman–Crippen LogP) is 29.8. The van der Waals surface area contributed by atoms with E-state index in [1.54, 1.807) is 7.11 Å². The van der Waals surface area contributed by atoms with Crippen molar-refractivity contribution < 1.29 is 63.3 Å². The van der Waals surface area contributed by atoms with Crippen LogP contribution in [0, 0.1) is 10.8 Å². The van der Waals surface area contributed by atoms with Crippen molar-refractivity contribution in [1.82, 2.24) is 0 Å². The van der Waals surface area contributed by atoms with Crippen molar-refractivity contribution in [2.75, 3.05) is 73.2 Å². The Morgan fingerprint density at radius 3 is 0.706 bits per heavy atom. The van der Waals surface area contributed by atoms with Crippen LogP contribution in [0.3, 0.4) is 0 Å². The van der Waals surface area contributed by atoms with Gasteiger partial charge in [-0.2, -0.15) is 0 Å². The van der Waals surface area contributed by atoms with Crippen LogP contribution in [0.2, 0.25) is 0 Å². The lowest BCUT2D eigenvalue weighted by Crippen LogP contribution is -2.45. The van der Waals surface area contributed by atoms with Gasteiger partial charge in [0.05, 0.1) is 86.4 Å². The summed E-state index contributed by atoms with van der Waals surface area (Å²) in [6, 6.07) is 19.4. The van der Waals surface area contributed by atoms with E-state index in [1.807, 2.05) is 0 Å². The molecule has 0 N–H and O–H groups in total. The minimum atomic E-state index is -1.52. The highest BCUT2D eigenvalue weighted by atomic mass is 31.2. The normalized spacial score (nSPS) is 20.7. The van der Waals surface area contributed by atoms with E-state index < -0.39 is 34.4 Å². The summed E-state index contributed by atoms with van der Waals surface area (Å²) < 4.78 is 82.3. The quantitative estimate of drug-likeness (QED) is 0.0395. The molecule has 20 heteroatoms. The Labute approximate surface area is 678 Å². The number of hydrogen-bond acceptors (Lipinski definition) is 14. The number of benzene rings is 3. The number of rotatable bonds is 41. The summed E-state index contributed by atoms with van der Waals surface area (Å²) in [5, 5.41) is 0. The molecule has 2 unspecified atom stereocenters. The largest absolute Gasteiger partial charge is 0.480 e. The second-order valence-corrected chi connectivity index (χ2v) is 43.0. The molecular formula is C89H160O14P6. The second kappa shape index (κ2) is 52.9. The van der Waals surface area contributed by atoms with Gasteiger partial charge in [-0.25, -0.2) is 0 Å². The Morgan fingerprint density at radius 2 is 0.495 bits per heavy atom. The number of hydrogen-bond donors (Lipinski definition) is 0. The van der Waals surface area contributed by atoms with Gasteiger partial charge in [-0.15, -0.1) is 0 Å². The topological polar surface area (TPSA) is 129 Å². The van der Waals surface area contributed by atoms with Gasteiger partial charge < -0.3 is 63.3 Å². The fraction of sp³-hybridized carbons (Fsp3) is 0.798. The van der Waals surface area contributed by atoms with E-state index in [1.165, 1.54) is 215 Å². The van der Waals surface area contributed by atoms with Crippen molar-refractivity contribution in [3.8, 4) is 17.2 Å². The Balaban J connectivity index is 0.000000374. The Morgan fingerprint density at radius 1 is 0.294 bits per heavy atom. The molecule has 4 aliphatic rings. The van der Waals surface area contributed by atoms with Gasteiger partial charge in [-0.1, -0.05) is 367 Å². The van der Waals surface area contributed by atoms with Gasteiger partial charge in [-0.05, 0) is 89.7 Å². The standard InChI is InChI=1S/C41H82O6P2.C33H50O6P2.C14H23OP.CH5OP/c1-3-5-7-9-11-13-15-17-19-21-23-25-27-29-31-33-35-42-48-44-37-41(38-45-48)39-46-49(47-40-41)43-36-34-32-30-28-26-24-22-20-18-16-14-12-10-8-6-4-2;1-29(2,3)23-13-15-27(25(17-23)31(7,8)9)38-40-34-19-33(20-35-40)21-36-41(37-22-33)39-28-16-14-24(30(4,5)6)18-26(28)32(10,11)12;1-13(2,3)10-7-8-12(15-16)11(9-10)14(4,5)6;1-2-3/h3-40H2,1-2H3;13-18H,19-22H2,1-12H3;7-9H,16H2,1-6H3;3H2,1H3. The molecule has 0 radical (unpaired) electrons. The van der Waals surface area contributed by atoms with Crippen molar-refractivity contribution >= 4 is 53.3 Å². The molecule has 0 aliphatic carbocycles. The third-order valence-electron chi connectivity index (χ3n) is 20.6. The van der Waals surface area contributed by atoms with Gasteiger partial charge in [0.15, 0.2) is 0 Å². The fourth-order valence-electron chi connectivity index (χ4n) is 13.2. The van der Waals surface area contributed by atoms with Crippen LogP contribution in [0.5, 0.6) is 17.2 Å². The SMILES string of the molecule is CC(C)(C)c1ccc(OP)c(C(C)(C)C)c1.CC(C)(C)c1ccc(OP2OCC3(CO2)COP(Oc2ccc(C(C)(C)C)cc2C(C)(C)C)OC3)c(C(C)(C)C)c1.CCCCCCCCCCCCCCCCCCOP1OCC2(CO1)COP(OCCCCCCCCCCCCCCCCCC)OC2.COP. The lowest BCUT2D eigenvalue weighted by Gasteiger charge is -2.41. The molecular weight excluding hydrogens is 1480 g/mol. The molecule has 0 bridgehead atoms. The first-order valence-corrected chi connectivity index (χ1v) is 47.9. The third kappa shape index (κ3) is 41.0. The summed E-state index contributed by atoms with van der Waals surface area (Å²) in [6.07, 6.45) is 44.1. The average Bonchev–Trinajstić information content (AvgIpc) is 0.739. The Bertz CT molecular complexity index is 2670.